The lowest BCUT2D eigenvalue weighted by Gasteiger charge is -2.34. The van der Waals surface area contributed by atoms with E-state index in [4.69, 9.17) is 13.9 Å². The molecule has 0 aliphatic carbocycles. The fourth-order valence-corrected chi connectivity index (χ4v) is 9.86. The van der Waals surface area contributed by atoms with Crippen LogP contribution in [-0.4, -0.2) is 6.71 Å². The van der Waals surface area contributed by atoms with E-state index in [0.717, 1.165) is 94.2 Å². The molecule has 54 heavy (non-hydrogen) atoms. The molecular weight excluding hydrogens is 681 g/mol. The van der Waals surface area contributed by atoms with E-state index in [-0.39, 0.29) is 6.71 Å². The molecule has 0 N–H and O–H groups in total. The number of fused-ring (bicyclic) bond motifs is 13. The average Bonchev–Trinajstić information content (AvgIpc) is 3.81. The van der Waals surface area contributed by atoms with Crippen LogP contribution in [0.2, 0.25) is 0 Å². The first-order valence-electron chi connectivity index (χ1n) is 18.2. The Morgan fingerprint density at radius 3 is 1.89 bits per heavy atom. The number of furan rings is 1. The molecule has 10 aromatic rings. The third kappa shape index (κ3) is 4.26. The molecular formula is C48H28BNO3S. The summed E-state index contributed by atoms with van der Waals surface area (Å²) < 4.78 is 23.5. The first kappa shape index (κ1) is 29.8. The highest BCUT2D eigenvalue weighted by Gasteiger charge is 2.44. The second kappa shape index (κ2) is 11.4. The van der Waals surface area contributed by atoms with E-state index in [2.05, 4.69) is 163 Å². The Bertz CT molecular complexity index is 3080. The van der Waals surface area contributed by atoms with Gasteiger partial charge in [0.15, 0.2) is 0 Å². The van der Waals surface area contributed by atoms with Gasteiger partial charge in [-0.1, -0.05) is 109 Å². The molecule has 0 saturated heterocycles. The van der Waals surface area contributed by atoms with Crippen LogP contribution in [0.4, 0.5) is 17.1 Å². The SMILES string of the molecule is c1ccc(-c2cc3c4c(c2)Oc2c(c5oc6ccccc6c5c5c2sc2ccccc25)B4c2ccc(N(c4ccccc4)c4ccccc4)cc2O3)cc1. The predicted octanol–water partition coefficient (Wildman–Crippen LogP) is 11.8. The molecule has 6 heteroatoms. The standard InChI is InChI=1S/C48H28BNO3S/c1-4-14-29(15-5-1)30-26-39-44-40(27-30)53-47-45(46-42(34-20-10-12-22-37(34)52-46)43-35-21-11-13-23-41(35)54-48(43)47)49(44)36-25-24-33(28-38(36)51-39)50(31-16-6-2-7-17-31)32-18-8-3-9-19-32/h1-28H. The van der Waals surface area contributed by atoms with Gasteiger partial charge >= 0.3 is 0 Å². The highest BCUT2D eigenvalue weighted by Crippen LogP contribution is 2.50. The molecule has 0 fully saturated rings. The van der Waals surface area contributed by atoms with E-state index < -0.39 is 0 Å². The minimum Gasteiger partial charge on any atom is -0.458 e. The Balaban J connectivity index is 1.17. The number of hydrogen-bond donors (Lipinski definition) is 0. The van der Waals surface area contributed by atoms with E-state index in [0.29, 0.717) is 0 Å². The van der Waals surface area contributed by atoms with Gasteiger partial charge < -0.3 is 18.8 Å². The molecule has 2 aliphatic heterocycles. The summed E-state index contributed by atoms with van der Waals surface area (Å²) >= 11 is 1.79. The first-order chi connectivity index (χ1) is 26.8. The Kier molecular flexibility index (Phi) is 6.27. The number of rotatable bonds is 4. The molecule has 2 aliphatic rings. The summed E-state index contributed by atoms with van der Waals surface area (Å²) in [7, 11) is 0. The van der Waals surface area contributed by atoms with Crippen molar-refractivity contribution >= 4 is 93.6 Å². The van der Waals surface area contributed by atoms with E-state index in [9.17, 15) is 0 Å². The summed E-state index contributed by atoms with van der Waals surface area (Å²) in [6.45, 7) is -0.194. The van der Waals surface area contributed by atoms with E-state index >= 15 is 0 Å². The molecule has 0 saturated carbocycles. The molecule has 252 valence electrons. The van der Waals surface area contributed by atoms with Crippen LogP contribution in [0.3, 0.4) is 0 Å². The summed E-state index contributed by atoms with van der Waals surface area (Å²) in [5, 5.41) is 4.64. The van der Waals surface area contributed by atoms with E-state index in [1.807, 2.05) is 12.1 Å². The van der Waals surface area contributed by atoms with Crippen molar-refractivity contribution in [3.8, 4) is 34.1 Å². The van der Waals surface area contributed by atoms with Crippen molar-refractivity contribution in [2.24, 2.45) is 0 Å². The van der Waals surface area contributed by atoms with Crippen molar-refractivity contribution in [1.82, 2.24) is 0 Å². The van der Waals surface area contributed by atoms with Crippen molar-refractivity contribution < 1.29 is 13.9 Å². The second-order valence-electron chi connectivity index (χ2n) is 14.0. The lowest BCUT2D eigenvalue weighted by atomic mass is 9.34. The highest BCUT2D eigenvalue weighted by atomic mass is 32.1. The highest BCUT2D eigenvalue weighted by molar-refractivity contribution is 7.26. The second-order valence-corrected chi connectivity index (χ2v) is 15.0. The smallest absolute Gasteiger partial charge is 0.265 e. The van der Waals surface area contributed by atoms with Crippen LogP contribution in [-0.2, 0) is 0 Å². The fraction of sp³-hybridized carbons (Fsp3) is 0. The molecule has 2 aromatic heterocycles. The number of thiophene rings is 1. The van der Waals surface area contributed by atoms with E-state index in [1.54, 1.807) is 11.3 Å². The van der Waals surface area contributed by atoms with Crippen LogP contribution in [0, 0.1) is 0 Å². The number of benzene rings is 8. The van der Waals surface area contributed by atoms with Crippen molar-refractivity contribution in [3.05, 3.63) is 170 Å². The average molecular weight is 710 g/mol. The third-order valence-electron chi connectivity index (χ3n) is 11.0. The van der Waals surface area contributed by atoms with Crippen molar-refractivity contribution in [2.45, 2.75) is 0 Å². The summed E-state index contributed by atoms with van der Waals surface area (Å²) in [6, 6.07) is 59.5. The topological polar surface area (TPSA) is 34.8 Å². The molecule has 0 amide bonds. The molecule has 0 radical (unpaired) electrons. The van der Waals surface area contributed by atoms with Gasteiger partial charge in [0.1, 0.15) is 34.2 Å². The minimum absolute atomic E-state index is 0.194. The van der Waals surface area contributed by atoms with Gasteiger partial charge in [-0.15, -0.1) is 11.3 Å². The summed E-state index contributed by atoms with van der Waals surface area (Å²) in [5.41, 5.74) is 10.2. The van der Waals surface area contributed by atoms with Gasteiger partial charge in [-0.25, -0.2) is 0 Å². The Hall–Kier alpha value is -6.76. The Morgan fingerprint density at radius 1 is 0.481 bits per heavy atom. The minimum atomic E-state index is -0.194. The molecule has 0 unspecified atom stereocenters. The van der Waals surface area contributed by atoms with Crippen molar-refractivity contribution in [1.29, 1.82) is 0 Å². The lowest BCUT2D eigenvalue weighted by Crippen LogP contribution is -2.57. The lowest BCUT2D eigenvalue weighted by molar-refractivity contribution is 0.467. The predicted molar refractivity (Wildman–Crippen MR) is 224 cm³/mol. The summed E-state index contributed by atoms with van der Waals surface area (Å²) in [5.74, 6) is 3.27. The normalized spacial score (nSPS) is 12.7. The Labute approximate surface area is 315 Å². The van der Waals surface area contributed by atoms with Gasteiger partial charge in [0.2, 0.25) is 0 Å². The molecule has 0 bridgehead atoms. The Morgan fingerprint density at radius 2 is 1.13 bits per heavy atom. The van der Waals surface area contributed by atoms with E-state index in [1.165, 1.54) is 15.5 Å². The van der Waals surface area contributed by atoms with Gasteiger partial charge in [0.05, 0.1) is 4.70 Å². The summed E-state index contributed by atoms with van der Waals surface area (Å²) in [6.07, 6.45) is 0. The number of anilines is 3. The monoisotopic (exact) mass is 709 g/mol. The molecule has 4 nitrogen and oxygen atoms in total. The van der Waals surface area contributed by atoms with Crippen LogP contribution in [0.1, 0.15) is 0 Å². The van der Waals surface area contributed by atoms with Crippen LogP contribution in [0.5, 0.6) is 23.0 Å². The third-order valence-corrected chi connectivity index (χ3v) is 12.1. The van der Waals surface area contributed by atoms with Crippen LogP contribution < -0.4 is 30.8 Å². The van der Waals surface area contributed by atoms with Crippen LogP contribution in [0.25, 0.3) is 53.2 Å². The van der Waals surface area contributed by atoms with Gasteiger partial charge in [-0.3, -0.25) is 0 Å². The maximum absolute atomic E-state index is 7.19. The number of nitrogens with zero attached hydrogens (tertiary/aromatic N) is 1. The van der Waals surface area contributed by atoms with Gasteiger partial charge in [0.25, 0.3) is 6.71 Å². The van der Waals surface area contributed by atoms with Gasteiger partial charge in [-0.2, -0.15) is 0 Å². The zero-order valence-corrected chi connectivity index (χ0v) is 29.6. The van der Waals surface area contributed by atoms with Gasteiger partial charge in [0, 0.05) is 60.3 Å². The molecule has 12 rings (SSSR count). The zero-order valence-electron chi connectivity index (χ0n) is 28.8. The van der Waals surface area contributed by atoms with Crippen molar-refractivity contribution in [3.63, 3.8) is 0 Å². The quantitative estimate of drug-likeness (QED) is 0.170. The maximum Gasteiger partial charge on any atom is 0.265 e. The number of ether oxygens (including phenoxy) is 2. The molecule has 0 atom stereocenters. The van der Waals surface area contributed by atoms with Crippen LogP contribution in [0.15, 0.2) is 174 Å². The maximum atomic E-state index is 7.19. The number of hydrogen-bond acceptors (Lipinski definition) is 5. The molecule has 0 spiro atoms. The largest absolute Gasteiger partial charge is 0.458 e. The van der Waals surface area contributed by atoms with Gasteiger partial charge in [-0.05, 0) is 71.2 Å². The first-order valence-corrected chi connectivity index (χ1v) is 19.0. The van der Waals surface area contributed by atoms with Crippen molar-refractivity contribution in [2.75, 3.05) is 4.90 Å². The zero-order chi connectivity index (χ0) is 35.3. The fourth-order valence-electron chi connectivity index (χ4n) is 8.65. The molecule has 8 aromatic carbocycles. The summed E-state index contributed by atoms with van der Waals surface area (Å²) in [4.78, 5) is 2.28. The molecule has 4 heterocycles. The number of para-hydroxylation sites is 3. The van der Waals surface area contributed by atoms with Crippen LogP contribution >= 0.6 is 11.3 Å².